The number of carbonyl (C=O) groups is 1. The van der Waals surface area contributed by atoms with Crippen LogP contribution in [0.1, 0.15) is 55.3 Å². The normalized spacial score (nSPS) is 23.1. The third-order valence-electron chi connectivity index (χ3n) is 6.29. The molecule has 2 aromatic heterocycles. The minimum Gasteiger partial charge on any atom is -0.393 e. The first-order valence-corrected chi connectivity index (χ1v) is 10.8. The Hall–Kier alpha value is -2.41. The number of likely N-dealkylation sites (tertiary alicyclic amines) is 1. The zero-order chi connectivity index (χ0) is 20.1. The summed E-state index contributed by atoms with van der Waals surface area (Å²) in [5, 5.41) is 17.3. The number of rotatable bonds is 6. The fraction of sp³-hybridized carbons (Fsp3) is 0.591. The Morgan fingerprint density at radius 1 is 1.14 bits per heavy atom. The zero-order valence-electron chi connectivity index (χ0n) is 16.9. The van der Waals surface area contributed by atoms with Gasteiger partial charge < -0.3 is 15.3 Å². The molecular weight excluding hydrogens is 366 g/mol. The second kappa shape index (κ2) is 9.39. The lowest BCUT2D eigenvalue weighted by atomic mass is 9.93. The van der Waals surface area contributed by atoms with E-state index in [0.717, 1.165) is 70.4 Å². The molecule has 0 bridgehead atoms. The number of nitrogens with zero attached hydrogens (tertiary/aromatic N) is 4. The van der Waals surface area contributed by atoms with Crippen molar-refractivity contribution in [1.29, 1.82) is 0 Å². The van der Waals surface area contributed by atoms with Crippen LogP contribution in [0.25, 0.3) is 0 Å². The Kier molecular flexibility index (Phi) is 6.44. The lowest BCUT2D eigenvalue weighted by Gasteiger charge is -2.32. The van der Waals surface area contributed by atoms with Crippen molar-refractivity contribution in [3.63, 3.8) is 0 Å². The van der Waals surface area contributed by atoms with E-state index in [9.17, 15) is 9.90 Å². The highest BCUT2D eigenvalue weighted by atomic mass is 16.3. The fourth-order valence-electron chi connectivity index (χ4n) is 4.39. The number of anilines is 1. The molecule has 1 aliphatic carbocycles. The third kappa shape index (κ3) is 5.35. The van der Waals surface area contributed by atoms with Crippen molar-refractivity contribution in [3.05, 3.63) is 42.4 Å². The molecule has 0 atom stereocenters. The van der Waals surface area contributed by atoms with Gasteiger partial charge in [0.05, 0.1) is 11.7 Å². The number of pyridine rings is 1. The predicted molar refractivity (Wildman–Crippen MR) is 112 cm³/mol. The lowest BCUT2D eigenvalue weighted by molar-refractivity contribution is 0.0684. The van der Waals surface area contributed by atoms with Gasteiger partial charge in [-0.1, -0.05) is 0 Å². The van der Waals surface area contributed by atoms with Crippen LogP contribution in [0.5, 0.6) is 0 Å². The van der Waals surface area contributed by atoms with Crippen LogP contribution in [-0.4, -0.2) is 55.9 Å². The molecule has 29 heavy (non-hydrogen) atoms. The molecule has 4 rings (SSSR count). The van der Waals surface area contributed by atoms with E-state index in [4.69, 9.17) is 0 Å². The SMILES string of the molecule is O=C(c1ccc(NC2CCC(O)CC2)nc1)N1CCC(CCn2cccn2)CC1. The highest BCUT2D eigenvalue weighted by Crippen LogP contribution is 2.24. The zero-order valence-corrected chi connectivity index (χ0v) is 16.9. The van der Waals surface area contributed by atoms with E-state index in [1.807, 2.05) is 40.2 Å². The fourth-order valence-corrected chi connectivity index (χ4v) is 4.39. The summed E-state index contributed by atoms with van der Waals surface area (Å²) in [7, 11) is 0. The summed E-state index contributed by atoms with van der Waals surface area (Å²) in [5.74, 6) is 1.54. The molecule has 7 nitrogen and oxygen atoms in total. The van der Waals surface area contributed by atoms with Crippen molar-refractivity contribution >= 4 is 11.7 Å². The summed E-state index contributed by atoms with van der Waals surface area (Å²) in [6.07, 6.45) is 12.2. The van der Waals surface area contributed by atoms with E-state index in [2.05, 4.69) is 15.4 Å². The number of aliphatic hydroxyl groups excluding tert-OH is 1. The molecule has 2 aliphatic rings. The van der Waals surface area contributed by atoms with Crippen molar-refractivity contribution in [3.8, 4) is 0 Å². The van der Waals surface area contributed by atoms with Gasteiger partial charge >= 0.3 is 0 Å². The molecule has 0 spiro atoms. The van der Waals surface area contributed by atoms with Crippen LogP contribution in [0.2, 0.25) is 0 Å². The lowest BCUT2D eigenvalue weighted by Crippen LogP contribution is -2.38. The highest BCUT2D eigenvalue weighted by Gasteiger charge is 2.24. The second-order valence-electron chi connectivity index (χ2n) is 8.38. The van der Waals surface area contributed by atoms with Crippen LogP contribution in [0.15, 0.2) is 36.8 Å². The van der Waals surface area contributed by atoms with Crippen LogP contribution in [0.3, 0.4) is 0 Å². The van der Waals surface area contributed by atoms with Crippen molar-refractivity contribution in [1.82, 2.24) is 19.7 Å². The predicted octanol–water partition coefficient (Wildman–Crippen LogP) is 2.94. The average molecular weight is 398 g/mol. The summed E-state index contributed by atoms with van der Waals surface area (Å²) < 4.78 is 1.98. The van der Waals surface area contributed by atoms with Crippen LogP contribution < -0.4 is 5.32 Å². The maximum Gasteiger partial charge on any atom is 0.255 e. The molecule has 0 radical (unpaired) electrons. The molecule has 2 fully saturated rings. The van der Waals surface area contributed by atoms with Gasteiger partial charge in [-0.25, -0.2) is 4.98 Å². The van der Waals surface area contributed by atoms with E-state index in [-0.39, 0.29) is 12.0 Å². The van der Waals surface area contributed by atoms with E-state index in [0.29, 0.717) is 17.5 Å². The number of piperidine rings is 1. The third-order valence-corrected chi connectivity index (χ3v) is 6.29. The van der Waals surface area contributed by atoms with Crippen molar-refractivity contribution in [2.24, 2.45) is 5.92 Å². The first-order valence-electron chi connectivity index (χ1n) is 10.8. The Balaban J connectivity index is 1.23. The van der Waals surface area contributed by atoms with Gasteiger partial charge in [0.15, 0.2) is 0 Å². The topological polar surface area (TPSA) is 83.3 Å². The monoisotopic (exact) mass is 397 g/mol. The number of hydrogen-bond donors (Lipinski definition) is 2. The van der Waals surface area contributed by atoms with E-state index >= 15 is 0 Å². The molecule has 1 saturated heterocycles. The first kappa shape index (κ1) is 19.9. The molecule has 0 unspecified atom stereocenters. The number of nitrogens with one attached hydrogen (secondary N) is 1. The van der Waals surface area contributed by atoms with Crippen LogP contribution in [-0.2, 0) is 6.54 Å². The Morgan fingerprint density at radius 2 is 1.93 bits per heavy atom. The van der Waals surface area contributed by atoms with Gasteiger partial charge in [0.2, 0.25) is 0 Å². The molecule has 1 saturated carbocycles. The molecule has 2 N–H and O–H groups in total. The molecule has 2 aromatic rings. The molecule has 3 heterocycles. The van der Waals surface area contributed by atoms with E-state index < -0.39 is 0 Å². The van der Waals surface area contributed by atoms with Gasteiger partial charge in [-0.2, -0.15) is 5.10 Å². The Labute approximate surface area is 172 Å². The maximum atomic E-state index is 12.8. The van der Waals surface area contributed by atoms with Crippen LogP contribution in [0, 0.1) is 5.92 Å². The Bertz CT molecular complexity index is 761. The molecular formula is C22H31N5O2. The summed E-state index contributed by atoms with van der Waals surface area (Å²) in [6, 6.07) is 6.08. The van der Waals surface area contributed by atoms with Gasteiger partial charge in [-0.15, -0.1) is 0 Å². The average Bonchev–Trinajstić information content (AvgIpc) is 3.28. The molecule has 0 aromatic carbocycles. The number of amides is 1. The number of carbonyl (C=O) groups excluding carboxylic acids is 1. The van der Waals surface area contributed by atoms with E-state index in [1.54, 1.807) is 6.20 Å². The van der Waals surface area contributed by atoms with E-state index in [1.165, 1.54) is 0 Å². The summed E-state index contributed by atoms with van der Waals surface area (Å²) in [6.45, 7) is 2.57. The first-order chi connectivity index (χ1) is 14.2. The number of aliphatic hydroxyl groups is 1. The standard InChI is InChI=1S/C22H31N5O2/c28-20-5-3-19(4-6-20)25-21-7-2-18(16-23-21)22(29)26-13-8-17(9-14-26)10-15-27-12-1-11-24-27/h1-2,7,11-12,16-17,19-20,28H,3-6,8-10,13-15H2,(H,23,25). The minimum absolute atomic E-state index is 0.0790. The molecule has 7 heteroatoms. The van der Waals surface area contributed by atoms with Gasteiger partial charge in [-0.05, 0) is 69.1 Å². The largest absolute Gasteiger partial charge is 0.393 e. The van der Waals surface area contributed by atoms with Gasteiger partial charge in [0.1, 0.15) is 5.82 Å². The smallest absolute Gasteiger partial charge is 0.255 e. The number of hydrogen-bond acceptors (Lipinski definition) is 5. The highest BCUT2D eigenvalue weighted by molar-refractivity contribution is 5.94. The van der Waals surface area contributed by atoms with Gasteiger partial charge in [0, 0.05) is 44.3 Å². The van der Waals surface area contributed by atoms with Gasteiger partial charge in [-0.3, -0.25) is 9.48 Å². The number of aromatic nitrogens is 3. The van der Waals surface area contributed by atoms with Crippen molar-refractivity contribution < 1.29 is 9.90 Å². The number of aryl methyl sites for hydroxylation is 1. The molecule has 1 aliphatic heterocycles. The Morgan fingerprint density at radius 3 is 2.59 bits per heavy atom. The maximum absolute atomic E-state index is 12.8. The molecule has 1 amide bonds. The summed E-state index contributed by atoms with van der Waals surface area (Å²) in [4.78, 5) is 19.2. The van der Waals surface area contributed by atoms with Crippen LogP contribution >= 0.6 is 0 Å². The van der Waals surface area contributed by atoms with Crippen molar-refractivity contribution in [2.45, 2.75) is 63.6 Å². The molecule has 156 valence electrons. The summed E-state index contributed by atoms with van der Waals surface area (Å²) in [5.41, 5.74) is 0.657. The minimum atomic E-state index is -0.157. The van der Waals surface area contributed by atoms with Crippen molar-refractivity contribution in [2.75, 3.05) is 18.4 Å². The summed E-state index contributed by atoms with van der Waals surface area (Å²) >= 11 is 0. The quantitative estimate of drug-likeness (QED) is 0.783. The second-order valence-corrected chi connectivity index (χ2v) is 8.38. The van der Waals surface area contributed by atoms with Crippen LogP contribution in [0.4, 0.5) is 5.82 Å². The van der Waals surface area contributed by atoms with Gasteiger partial charge in [0.25, 0.3) is 5.91 Å².